The summed E-state index contributed by atoms with van der Waals surface area (Å²) in [5.74, 6) is -1.05. The Labute approximate surface area is 591 Å². The number of amides is 3. The highest BCUT2D eigenvalue weighted by atomic mass is 16.8. The van der Waals surface area contributed by atoms with E-state index >= 15 is 0 Å². The van der Waals surface area contributed by atoms with E-state index in [0.29, 0.717) is 19.5 Å². The lowest BCUT2D eigenvalue weighted by Gasteiger charge is -2.51. The zero-order valence-electron chi connectivity index (χ0n) is 55.9. The standard InChI is InChI=1S/C40H53N3O16.C24H48N6O11.2CH4/c1-19-14-25-33(34-27(43(3)40(51)58-34)36(54-25)59-37-31(48)28(45)20(2)26(16-44)55-37)57-35(19)56-32-24(42-39(50)53-18-22-12-8-5-9-13-22)15-23(29(46)30(32)47)41-38(49)52-17-21-10-6-4-7-11-21;1-29-14-17(34)21-11(6-10(28)22(40-21)39-20-9(27)5-8(26)15(32)18(20)35)37-23(14)41-24-19(36)16(33)13(12(7-31)38-24)30-4-2-3-25;;/h4-13,19-20,23-37,44-48H,14-18H2,1-3H3,(H,41,49)(H,42,50);8-24,29-36H,2-7,25-28H2,1H3;2*1H4/t19?,20-,23-,24?,25+,26?,27?,28+,29?,30-,31?,32-,33?,34?,35+,36?,37-;8-,9?,10?,11+,12?,13-,14?,15?,16+,17?,18-,19?,20-,21?,22+,23?,24-;;/m11../s1. The van der Waals surface area contributed by atoms with Crippen LogP contribution in [0.2, 0.25) is 0 Å². The highest BCUT2D eigenvalue weighted by molar-refractivity contribution is 5.71. The molecule has 2 aromatic rings. The number of hydrogen-bond donors (Lipinski definition) is 19. The molecule has 9 aliphatic rings. The van der Waals surface area contributed by atoms with Crippen LogP contribution in [0.3, 0.4) is 0 Å². The molecule has 7 aliphatic heterocycles. The average molecular weight is 1460 g/mol. The Morgan fingerprint density at radius 3 is 1.70 bits per heavy atom. The Morgan fingerprint density at radius 1 is 0.539 bits per heavy atom. The second-order valence-corrected chi connectivity index (χ2v) is 27.1. The van der Waals surface area contributed by atoms with Gasteiger partial charge in [-0.25, -0.2) is 14.4 Å². The molecule has 9 fully saturated rings. The molecule has 0 aromatic heterocycles. The van der Waals surface area contributed by atoms with E-state index in [-0.39, 0.29) is 53.8 Å². The number of fused-ring (bicyclic) bond motifs is 4. The number of rotatable bonds is 21. The zero-order valence-corrected chi connectivity index (χ0v) is 55.9. The van der Waals surface area contributed by atoms with Gasteiger partial charge in [-0.15, -0.1) is 0 Å². The number of nitrogens with two attached hydrogens (primary N) is 4. The van der Waals surface area contributed by atoms with E-state index in [1.807, 2.05) is 12.1 Å². The highest BCUT2D eigenvalue weighted by Crippen LogP contribution is 2.44. The quantitative estimate of drug-likeness (QED) is 0.0410. The molecule has 34 atom stereocenters. The average Bonchev–Trinajstić information content (AvgIpc) is 1.49. The maximum absolute atomic E-state index is 13.2. The summed E-state index contributed by atoms with van der Waals surface area (Å²) in [6.45, 7) is 3.32. The van der Waals surface area contributed by atoms with Crippen molar-refractivity contribution in [3.8, 4) is 0 Å². The van der Waals surface area contributed by atoms with Gasteiger partial charge >= 0.3 is 18.3 Å². The van der Waals surface area contributed by atoms with Gasteiger partial charge in [-0.05, 0) is 63.4 Å². The zero-order chi connectivity index (χ0) is 72.0. The lowest BCUT2D eigenvalue weighted by atomic mass is 9.83. The Morgan fingerprint density at radius 2 is 1.09 bits per heavy atom. The molecule has 23 N–H and O–H groups in total. The molecular formula is C66H109N9O27. The molecule has 36 nitrogen and oxygen atoms in total. The number of nitrogens with zero attached hydrogens (tertiary/aromatic N) is 1. The topological polar surface area (TPSA) is 549 Å². The van der Waals surface area contributed by atoms with Crippen molar-refractivity contribution in [1.29, 1.82) is 0 Å². The van der Waals surface area contributed by atoms with Gasteiger partial charge in [0.25, 0.3) is 0 Å². The number of hydrogen-bond acceptors (Lipinski definition) is 33. The maximum atomic E-state index is 13.2. The van der Waals surface area contributed by atoms with E-state index in [4.69, 9.17) is 84.5 Å². The van der Waals surface area contributed by atoms with Crippen LogP contribution in [-0.2, 0) is 74.8 Å². The first kappa shape index (κ1) is 82.8. The van der Waals surface area contributed by atoms with Crippen LogP contribution in [-0.4, -0.2) is 316 Å². The summed E-state index contributed by atoms with van der Waals surface area (Å²) in [7, 11) is 3.05. The third-order valence-electron chi connectivity index (χ3n) is 20.2. The van der Waals surface area contributed by atoms with Crippen molar-refractivity contribution in [2.45, 2.75) is 270 Å². The van der Waals surface area contributed by atoms with Crippen LogP contribution in [0.25, 0.3) is 0 Å². The molecule has 0 spiro atoms. The predicted molar refractivity (Wildman–Crippen MR) is 354 cm³/mol. The second-order valence-electron chi connectivity index (χ2n) is 27.1. The summed E-state index contributed by atoms with van der Waals surface area (Å²) in [6, 6.07) is 11.2. The van der Waals surface area contributed by atoms with Crippen molar-refractivity contribution in [3.05, 3.63) is 71.8 Å². The number of ether oxygens (including phenoxy) is 13. The monoisotopic (exact) mass is 1460 g/mol. The van der Waals surface area contributed by atoms with Gasteiger partial charge in [0, 0.05) is 31.0 Å². The van der Waals surface area contributed by atoms with Crippen LogP contribution in [0.15, 0.2) is 60.7 Å². The number of aliphatic hydroxyl groups excluding tert-OH is 11. The number of benzene rings is 2. The summed E-state index contributed by atoms with van der Waals surface area (Å²) < 4.78 is 77.4. The van der Waals surface area contributed by atoms with Crippen molar-refractivity contribution in [2.75, 3.05) is 40.4 Å². The minimum Gasteiger partial charge on any atom is -0.445 e. The first-order chi connectivity index (χ1) is 47.8. The van der Waals surface area contributed by atoms with Crippen LogP contribution in [0.4, 0.5) is 14.4 Å². The summed E-state index contributed by atoms with van der Waals surface area (Å²) in [5.41, 5.74) is 25.3. The Kier molecular flexibility index (Phi) is 30.1. The van der Waals surface area contributed by atoms with Crippen LogP contribution >= 0.6 is 0 Å². The van der Waals surface area contributed by atoms with Crippen molar-refractivity contribution < 1.29 is 132 Å². The Balaban J connectivity index is 0.000000270. The minimum absolute atomic E-state index is 0. The van der Waals surface area contributed by atoms with Gasteiger partial charge in [0.05, 0.1) is 73.9 Å². The molecule has 7 saturated heterocycles. The van der Waals surface area contributed by atoms with Gasteiger partial charge in [0.15, 0.2) is 43.8 Å². The molecule has 11 rings (SSSR count). The molecule has 0 bridgehead atoms. The third kappa shape index (κ3) is 18.7. The first-order valence-corrected chi connectivity index (χ1v) is 34.0. The van der Waals surface area contributed by atoms with Crippen LogP contribution in [0.5, 0.6) is 0 Å². The largest absolute Gasteiger partial charge is 0.445 e. The van der Waals surface area contributed by atoms with Crippen molar-refractivity contribution in [2.24, 2.45) is 34.8 Å². The molecule has 7 heterocycles. The summed E-state index contributed by atoms with van der Waals surface area (Å²) >= 11 is 0. The van der Waals surface area contributed by atoms with Crippen molar-refractivity contribution in [1.82, 2.24) is 26.2 Å². The van der Waals surface area contributed by atoms with Crippen molar-refractivity contribution >= 4 is 18.3 Å². The van der Waals surface area contributed by atoms with Crippen molar-refractivity contribution in [3.63, 3.8) is 0 Å². The summed E-state index contributed by atoms with van der Waals surface area (Å²) in [4.78, 5) is 40.3. The number of carbonyl (C=O) groups is 3. The fourth-order valence-electron chi connectivity index (χ4n) is 14.4. The van der Waals surface area contributed by atoms with E-state index in [9.17, 15) is 70.6 Å². The molecule has 18 unspecified atom stereocenters. The number of aliphatic hydroxyl groups is 11. The third-order valence-corrected chi connectivity index (χ3v) is 20.2. The van der Waals surface area contributed by atoms with Crippen LogP contribution in [0.1, 0.15) is 71.9 Å². The molecule has 102 heavy (non-hydrogen) atoms. The van der Waals surface area contributed by atoms with E-state index < -0.39 is 239 Å². The molecule has 3 amide bonds. The van der Waals surface area contributed by atoms with Gasteiger partial charge in [0.2, 0.25) is 0 Å². The highest BCUT2D eigenvalue weighted by Gasteiger charge is 2.61. The molecule has 580 valence electrons. The van der Waals surface area contributed by atoms with Crippen LogP contribution < -0.4 is 44.2 Å². The fraction of sp³-hybridized carbons (Fsp3) is 0.773. The number of carbonyl (C=O) groups excluding carboxylic acids is 3. The van der Waals surface area contributed by atoms with Crippen LogP contribution in [0, 0.1) is 11.8 Å². The van der Waals surface area contributed by atoms with Gasteiger partial charge < -0.3 is 162 Å². The van der Waals surface area contributed by atoms with Gasteiger partial charge in [-0.3, -0.25) is 4.90 Å². The number of nitrogens with one attached hydrogen (secondary N) is 4. The molecule has 36 heteroatoms. The second kappa shape index (κ2) is 37.1. The maximum Gasteiger partial charge on any atom is 0.410 e. The molecule has 2 aromatic carbocycles. The SMILES string of the molecule is C.C.CC1C[C@@H]2OC(O[C@H]3OC(CO)[C@@H](C)[C@H](O)C3O)C3C(OC(=O)N3C)C2O[C@@H]1O[C@@H]1C(NC(=O)OCc2ccccc2)C[C@@H](NC(=O)OCc2ccccc2)C(O)[C@H]1O.CNC1C(O[C@H]2OC(CO)[C@@H](NCCCN)[C@H](O)C2O)O[C@H]2CC(N)[C@@H](O[C@@H]3C(N)C[C@@H](N)C(O)[C@H]3O)OC2C1O. The van der Waals surface area contributed by atoms with Gasteiger partial charge in [-0.1, -0.05) is 89.4 Å². The van der Waals surface area contributed by atoms with E-state index in [2.05, 4.69) is 21.3 Å². The smallest absolute Gasteiger partial charge is 0.410 e. The molecule has 0 radical (unpaired) electrons. The number of alkyl carbamates (subject to hydrolysis) is 2. The lowest BCUT2D eigenvalue weighted by Crippen LogP contribution is -2.70. The van der Waals surface area contributed by atoms with Gasteiger partial charge in [0.1, 0.15) is 92.5 Å². The normalized spacial score (nSPS) is 43.2. The molecular weight excluding hydrogens is 1350 g/mol. The fourth-order valence-corrected chi connectivity index (χ4v) is 14.4. The minimum atomic E-state index is -1.66. The van der Waals surface area contributed by atoms with E-state index in [0.717, 1.165) is 11.1 Å². The first-order valence-electron chi connectivity index (χ1n) is 34.0. The Bertz CT molecular complexity index is 2900. The lowest BCUT2D eigenvalue weighted by molar-refractivity contribution is -0.378. The molecule has 2 aliphatic carbocycles. The predicted octanol–water partition coefficient (Wildman–Crippen LogP) is -5.22. The van der Waals surface area contributed by atoms with Gasteiger partial charge in [-0.2, -0.15) is 0 Å². The van der Waals surface area contributed by atoms with E-state index in [1.165, 1.54) is 11.9 Å². The number of likely N-dealkylation sites (N-methyl/N-ethyl adjacent to an activating group) is 2. The molecule has 2 saturated carbocycles. The summed E-state index contributed by atoms with van der Waals surface area (Å²) in [5, 5.41) is 129. The van der Waals surface area contributed by atoms with E-state index in [1.54, 1.807) is 69.4 Å². The Hall–Kier alpha value is -4.83. The summed E-state index contributed by atoms with van der Waals surface area (Å²) in [6.07, 6.45) is -29.6.